The molecule has 25 heavy (non-hydrogen) atoms. The van der Waals surface area contributed by atoms with Gasteiger partial charge in [0.25, 0.3) is 11.5 Å². The van der Waals surface area contributed by atoms with Gasteiger partial charge in [-0.05, 0) is 18.4 Å². The highest BCUT2D eigenvalue weighted by atomic mass is 16.5. The van der Waals surface area contributed by atoms with Crippen LogP contribution in [0.4, 0.5) is 0 Å². The van der Waals surface area contributed by atoms with Crippen molar-refractivity contribution in [2.45, 2.75) is 39.4 Å². The Labute approximate surface area is 145 Å². The van der Waals surface area contributed by atoms with Crippen LogP contribution in [0.5, 0.6) is 0 Å². The smallest absolute Gasteiger partial charge is 0.273 e. The van der Waals surface area contributed by atoms with Crippen LogP contribution in [0.25, 0.3) is 0 Å². The molecule has 1 amide bonds. The predicted octanol–water partition coefficient (Wildman–Crippen LogP) is 1.05. The van der Waals surface area contributed by atoms with Gasteiger partial charge in [-0.2, -0.15) is 5.10 Å². The summed E-state index contributed by atoms with van der Waals surface area (Å²) in [7, 11) is 0. The van der Waals surface area contributed by atoms with Crippen molar-refractivity contribution in [3.8, 4) is 0 Å². The standard InChI is InChI=1S/C17H23N5O3/c1-12(2)9-25-10-14-4-6-22-13(3-5-20-22)8-21(14)17(24)15-7-16(23)19-11-18-15/h3,5,7,11-12,14H,4,6,8-10H2,1-2H3,(H,18,19,23)/t14-/m0/s1. The van der Waals surface area contributed by atoms with E-state index in [9.17, 15) is 9.59 Å². The molecule has 3 rings (SSSR count). The van der Waals surface area contributed by atoms with E-state index in [1.54, 1.807) is 11.1 Å². The molecule has 0 aromatic carbocycles. The molecule has 0 spiro atoms. The van der Waals surface area contributed by atoms with Gasteiger partial charge in [-0.1, -0.05) is 13.8 Å². The van der Waals surface area contributed by atoms with E-state index in [0.29, 0.717) is 25.7 Å². The van der Waals surface area contributed by atoms with Crippen LogP contribution in [-0.4, -0.2) is 49.8 Å². The van der Waals surface area contributed by atoms with Crippen LogP contribution in [0.2, 0.25) is 0 Å². The van der Waals surface area contributed by atoms with E-state index in [1.807, 2.05) is 10.7 Å². The molecule has 0 saturated heterocycles. The zero-order chi connectivity index (χ0) is 17.8. The molecule has 3 heterocycles. The van der Waals surface area contributed by atoms with Crippen molar-refractivity contribution in [1.29, 1.82) is 0 Å². The van der Waals surface area contributed by atoms with Crippen LogP contribution in [0, 0.1) is 5.92 Å². The fourth-order valence-electron chi connectivity index (χ4n) is 2.91. The summed E-state index contributed by atoms with van der Waals surface area (Å²) in [5.41, 5.74) is 0.765. The Morgan fingerprint density at radius 2 is 2.32 bits per heavy atom. The van der Waals surface area contributed by atoms with Gasteiger partial charge in [0.05, 0.1) is 31.2 Å². The number of hydrogen-bond acceptors (Lipinski definition) is 5. The van der Waals surface area contributed by atoms with Crippen LogP contribution in [-0.2, 0) is 17.8 Å². The lowest BCUT2D eigenvalue weighted by atomic mass is 10.1. The molecule has 0 unspecified atom stereocenters. The minimum Gasteiger partial charge on any atom is -0.379 e. The summed E-state index contributed by atoms with van der Waals surface area (Å²) in [5.74, 6) is 0.165. The van der Waals surface area contributed by atoms with E-state index in [-0.39, 0.29) is 23.2 Å². The summed E-state index contributed by atoms with van der Waals surface area (Å²) in [6.45, 7) is 6.43. The Bertz CT molecular complexity index is 782. The molecule has 0 fully saturated rings. The van der Waals surface area contributed by atoms with E-state index < -0.39 is 0 Å². The van der Waals surface area contributed by atoms with Crippen LogP contribution in [0.3, 0.4) is 0 Å². The summed E-state index contributed by atoms with van der Waals surface area (Å²) in [6.07, 6.45) is 3.72. The van der Waals surface area contributed by atoms with E-state index in [2.05, 4.69) is 28.9 Å². The summed E-state index contributed by atoms with van der Waals surface area (Å²) in [6, 6.07) is 3.05. The molecule has 134 valence electrons. The lowest BCUT2D eigenvalue weighted by Crippen LogP contribution is -2.42. The fraction of sp³-hybridized carbons (Fsp3) is 0.529. The number of rotatable bonds is 5. The largest absolute Gasteiger partial charge is 0.379 e. The third-order valence-electron chi connectivity index (χ3n) is 4.17. The first-order valence-electron chi connectivity index (χ1n) is 8.48. The second-order valence-corrected chi connectivity index (χ2v) is 6.65. The molecule has 8 nitrogen and oxygen atoms in total. The molecule has 1 atom stereocenters. The molecular formula is C17H23N5O3. The van der Waals surface area contributed by atoms with Crippen molar-refractivity contribution in [2.24, 2.45) is 5.92 Å². The molecule has 0 bridgehead atoms. The topological polar surface area (TPSA) is 93.1 Å². The molecule has 1 aliphatic heterocycles. The van der Waals surface area contributed by atoms with Crippen LogP contribution in [0.15, 0.2) is 29.5 Å². The number of hydrogen-bond donors (Lipinski definition) is 1. The van der Waals surface area contributed by atoms with E-state index in [1.165, 1.54) is 12.4 Å². The average molecular weight is 345 g/mol. The van der Waals surface area contributed by atoms with Gasteiger partial charge in [0.15, 0.2) is 0 Å². The maximum Gasteiger partial charge on any atom is 0.273 e. The highest BCUT2D eigenvalue weighted by Crippen LogP contribution is 2.19. The van der Waals surface area contributed by atoms with Crippen LogP contribution < -0.4 is 5.56 Å². The average Bonchev–Trinajstić information content (AvgIpc) is 2.95. The van der Waals surface area contributed by atoms with Crippen molar-refractivity contribution in [1.82, 2.24) is 24.6 Å². The number of H-pyrrole nitrogens is 1. The van der Waals surface area contributed by atoms with Crippen molar-refractivity contribution in [3.05, 3.63) is 46.4 Å². The predicted molar refractivity (Wildman–Crippen MR) is 91.0 cm³/mol. The van der Waals surface area contributed by atoms with Gasteiger partial charge < -0.3 is 14.6 Å². The number of aromatic nitrogens is 4. The number of amides is 1. The van der Waals surface area contributed by atoms with Crippen molar-refractivity contribution in [2.75, 3.05) is 13.2 Å². The van der Waals surface area contributed by atoms with E-state index in [0.717, 1.165) is 18.7 Å². The number of carbonyl (C=O) groups is 1. The second-order valence-electron chi connectivity index (χ2n) is 6.65. The first-order valence-corrected chi connectivity index (χ1v) is 8.48. The molecule has 2 aromatic heterocycles. The molecule has 0 saturated carbocycles. The summed E-state index contributed by atoms with van der Waals surface area (Å²) in [4.78, 5) is 32.7. The minimum absolute atomic E-state index is 0.0889. The second kappa shape index (κ2) is 7.60. The van der Waals surface area contributed by atoms with Crippen LogP contribution in [0.1, 0.15) is 36.5 Å². The van der Waals surface area contributed by atoms with Crippen molar-refractivity contribution < 1.29 is 9.53 Å². The molecule has 1 N–H and O–H groups in total. The Kier molecular flexibility index (Phi) is 5.28. The normalized spacial score (nSPS) is 17.4. The molecular weight excluding hydrogens is 322 g/mol. The molecule has 1 aliphatic rings. The highest BCUT2D eigenvalue weighted by molar-refractivity contribution is 5.92. The fourth-order valence-corrected chi connectivity index (χ4v) is 2.91. The Morgan fingerprint density at radius 1 is 1.48 bits per heavy atom. The Morgan fingerprint density at radius 3 is 3.08 bits per heavy atom. The molecule has 0 aliphatic carbocycles. The van der Waals surface area contributed by atoms with Gasteiger partial charge in [0, 0.05) is 25.4 Å². The van der Waals surface area contributed by atoms with Crippen molar-refractivity contribution in [3.63, 3.8) is 0 Å². The third kappa shape index (κ3) is 4.14. The third-order valence-corrected chi connectivity index (χ3v) is 4.17. The number of nitrogens with zero attached hydrogens (tertiary/aromatic N) is 4. The summed E-state index contributed by atoms with van der Waals surface area (Å²) >= 11 is 0. The number of nitrogens with one attached hydrogen (secondary N) is 1. The first-order chi connectivity index (χ1) is 12.0. The van der Waals surface area contributed by atoms with Gasteiger partial charge >= 0.3 is 0 Å². The lowest BCUT2D eigenvalue weighted by molar-refractivity contribution is 0.0328. The van der Waals surface area contributed by atoms with Gasteiger partial charge in [-0.15, -0.1) is 0 Å². The number of ether oxygens (including phenoxy) is 1. The Balaban J connectivity index is 1.83. The highest BCUT2D eigenvalue weighted by Gasteiger charge is 2.29. The monoisotopic (exact) mass is 345 g/mol. The van der Waals surface area contributed by atoms with Crippen molar-refractivity contribution >= 4 is 5.91 Å². The number of aromatic amines is 1. The minimum atomic E-state index is -0.342. The maximum atomic E-state index is 13.0. The van der Waals surface area contributed by atoms with Gasteiger partial charge in [-0.25, -0.2) is 4.98 Å². The molecule has 0 radical (unpaired) electrons. The summed E-state index contributed by atoms with van der Waals surface area (Å²) in [5, 5.41) is 4.31. The zero-order valence-corrected chi connectivity index (χ0v) is 14.5. The zero-order valence-electron chi connectivity index (χ0n) is 14.5. The molecule has 2 aromatic rings. The maximum absolute atomic E-state index is 13.0. The Hall–Kier alpha value is -2.48. The van der Waals surface area contributed by atoms with Gasteiger partial charge in [-0.3, -0.25) is 14.3 Å². The first kappa shape index (κ1) is 17.3. The number of aryl methyl sites for hydroxylation is 1. The van der Waals surface area contributed by atoms with Gasteiger partial charge in [0.2, 0.25) is 0 Å². The van der Waals surface area contributed by atoms with Crippen LogP contribution >= 0.6 is 0 Å². The van der Waals surface area contributed by atoms with E-state index in [4.69, 9.17) is 4.74 Å². The summed E-state index contributed by atoms with van der Waals surface area (Å²) < 4.78 is 7.70. The number of carbonyl (C=O) groups excluding carboxylic acids is 1. The quantitative estimate of drug-likeness (QED) is 0.874. The SMILES string of the molecule is CC(C)COC[C@@H]1CCn2nccc2CN1C(=O)c1cc(=O)[nH]cn1. The lowest BCUT2D eigenvalue weighted by Gasteiger charge is -2.29. The molecule has 8 heteroatoms. The number of fused-ring (bicyclic) bond motifs is 1. The van der Waals surface area contributed by atoms with Gasteiger partial charge in [0.1, 0.15) is 5.69 Å². The van der Waals surface area contributed by atoms with E-state index >= 15 is 0 Å².